The SMILES string of the molecule is Cc1ccc(C(C)NC2CC(=O)N(C)C2=O)s1. The van der Waals surface area contributed by atoms with Crippen LogP contribution >= 0.6 is 11.3 Å². The van der Waals surface area contributed by atoms with Crippen LogP contribution in [0.1, 0.15) is 29.1 Å². The minimum atomic E-state index is -0.370. The van der Waals surface area contributed by atoms with E-state index in [-0.39, 0.29) is 30.3 Å². The van der Waals surface area contributed by atoms with Gasteiger partial charge < -0.3 is 0 Å². The molecule has 1 aromatic rings. The summed E-state index contributed by atoms with van der Waals surface area (Å²) in [5.41, 5.74) is 0. The fourth-order valence-corrected chi connectivity index (χ4v) is 2.84. The van der Waals surface area contributed by atoms with Gasteiger partial charge in [-0.15, -0.1) is 11.3 Å². The highest BCUT2D eigenvalue weighted by atomic mass is 32.1. The van der Waals surface area contributed by atoms with Gasteiger partial charge in [0, 0.05) is 22.8 Å². The van der Waals surface area contributed by atoms with Crippen molar-refractivity contribution in [1.82, 2.24) is 10.2 Å². The van der Waals surface area contributed by atoms with Crippen molar-refractivity contribution in [3.63, 3.8) is 0 Å². The lowest BCUT2D eigenvalue weighted by Crippen LogP contribution is -2.38. The number of nitrogens with one attached hydrogen (secondary N) is 1. The Morgan fingerprint density at radius 1 is 1.47 bits per heavy atom. The van der Waals surface area contributed by atoms with Crippen LogP contribution in [0, 0.1) is 6.92 Å². The number of rotatable bonds is 3. The Morgan fingerprint density at radius 2 is 2.18 bits per heavy atom. The third-order valence-corrected chi connectivity index (χ3v) is 4.20. The number of likely N-dealkylation sites (N-methyl/N-ethyl adjacent to an activating group) is 1. The maximum atomic E-state index is 11.7. The summed E-state index contributed by atoms with van der Waals surface area (Å²) in [5.74, 6) is -0.239. The van der Waals surface area contributed by atoms with Crippen molar-refractivity contribution < 1.29 is 9.59 Å². The molecule has 2 unspecified atom stereocenters. The molecular formula is C12H16N2O2S. The molecule has 2 rings (SSSR count). The first-order valence-corrected chi connectivity index (χ1v) is 6.43. The van der Waals surface area contributed by atoms with E-state index < -0.39 is 0 Å². The van der Waals surface area contributed by atoms with Gasteiger partial charge in [-0.2, -0.15) is 0 Å². The van der Waals surface area contributed by atoms with Crippen LogP contribution in [0.5, 0.6) is 0 Å². The Kier molecular flexibility index (Phi) is 3.31. The summed E-state index contributed by atoms with van der Waals surface area (Å²) in [7, 11) is 1.53. The molecule has 2 amide bonds. The summed E-state index contributed by atoms with van der Waals surface area (Å²) in [4.78, 5) is 26.8. The molecule has 0 saturated carbocycles. The number of likely N-dealkylation sites (tertiary alicyclic amines) is 1. The van der Waals surface area contributed by atoms with Gasteiger partial charge in [0.15, 0.2) is 0 Å². The molecule has 0 spiro atoms. The number of hydrogen-bond acceptors (Lipinski definition) is 4. The van der Waals surface area contributed by atoms with Crippen molar-refractivity contribution in [2.24, 2.45) is 0 Å². The van der Waals surface area contributed by atoms with E-state index in [1.54, 1.807) is 11.3 Å². The number of nitrogens with zero attached hydrogens (tertiary/aromatic N) is 1. The average molecular weight is 252 g/mol. The van der Waals surface area contributed by atoms with E-state index in [1.807, 2.05) is 6.92 Å². The highest BCUT2D eigenvalue weighted by Crippen LogP contribution is 2.24. The molecule has 0 aromatic carbocycles. The van der Waals surface area contributed by atoms with Gasteiger partial charge in [0.05, 0.1) is 12.5 Å². The van der Waals surface area contributed by atoms with Gasteiger partial charge in [-0.05, 0) is 26.0 Å². The molecule has 2 heterocycles. The van der Waals surface area contributed by atoms with Crippen molar-refractivity contribution in [3.8, 4) is 0 Å². The lowest BCUT2D eigenvalue weighted by Gasteiger charge is -2.16. The monoisotopic (exact) mass is 252 g/mol. The van der Waals surface area contributed by atoms with Crippen molar-refractivity contribution in [1.29, 1.82) is 0 Å². The fraction of sp³-hybridized carbons (Fsp3) is 0.500. The molecule has 1 aromatic heterocycles. The first-order chi connectivity index (χ1) is 7.99. The van der Waals surface area contributed by atoms with E-state index in [1.165, 1.54) is 21.7 Å². The van der Waals surface area contributed by atoms with Gasteiger partial charge in [-0.3, -0.25) is 19.8 Å². The highest BCUT2D eigenvalue weighted by Gasteiger charge is 2.36. The molecule has 1 saturated heterocycles. The van der Waals surface area contributed by atoms with Gasteiger partial charge in [0.2, 0.25) is 11.8 Å². The molecule has 2 atom stereocenters. The predicted molar refractivity (Wildman–Crippen MR) is 66.8 cm³/mol. The second kappa shape index (κ2) is 4.58. The van der Waals surface area contributed by atoms with Crippen LogP contribution in [0.3, 0.4) is 0 Å². The number of thiophene rings is 1. The van der Waals surface area contributed by atoms with E-state index in [9.17, 15) is 9.59 Å². The largest absolute Gasteiger partial charge is 0.298 e. The zero-order valence-electron chi connectivity index (χ0n) is 10.2. The van der Waals surface area contributed by atoms with Crippen molar-refractivity contribution in [2.45, 2.75) is 32.4 Å². The zero-order valence-corrected chi connectivity index (χ0v) is 11.0. The summed E-state index contributed by atoms with van der Waals surface area (Å²) < 4.78 is 0. The third kappa shape index (κ3) is 2.40. The van der Waals surface area contributed by atoms with Crippen LogP contribution in [0.15, 0.2) is 12.1 Å². The molecule has 0 bridgehead atoms. The van der Waals surface area contributed by atoms with Crippen LogP contribution < -0.4 is 5.32 Å². The van der Waals surface area contributed by atoms with E-state index >= 15 is 0 Å². The van der Waals surface area contributed by atoms with Crippen molar-refractivity contribution in [2.75, 3.05) is 7.05 Å². The number of hydrogen-bond donors (Lipinski definition) is 1. The minimum absolute atomic E-state index is 0.0990. The molecule has 4 nitrogen and oxygen atoms in total. The summed E-state index contributed by atoms with van der Waals surface area (Å²) in [6.45, 7) is 4.07. The Balaban J connectivity index is 2.02. The van der Waals surface area contributed by atoms with Crippen molar-refractivity contribution >= 4 is 23.2 Å². The number of amides is 2. The highest BCUT2D eigenvalue weighted by molar-refractivity contribution is 7.12. The van der Waals surface area contributed by atoms with E-state index in [4.69, 9.17) is 0 Å². The Morgan fingerprint density at radius 3 is 2.65 bits per heavy atom. The lowest BCUT2D eigenvalue weighted by atomic mass is 10.2. The Bertz CT molecular complexity index is 455. The molecule has 5 heteroatoms. The number of aryl methyl sites for hydroxylation is 1. The smallest absolute Gasteiger partial charge is 0.246 e. The maximum Gasteiger partial charge on any atom is 0.246 e. The van der Waals surface area contributed by atoms with Crippen LogP contribution in [0.4, 0.5) is 0 Å². The quantitative estimate of drug-likeness (QED) is 0.829. The molecule has 1 aliphatic rings. The van der Waals surface area contributed by atoms with Gasteiger partial charge in [0.25, 0.3) is 0 Å². The lowest BCUT2D eigenvalue weighted by molar-refractivity contribution is -0.137. The standard InChI is InChI=1S/C12H16N2O2S/c1-7-4-5-10(17-7)8(2)13-9-6-11(15)14(3)12(9)16/h4-5,8-9,13H,6H2,1-3H3. The second-order valence-electron chi connectivity index (χ2n) is 4.38. The Hall–Kier alpha value is -1.20. The third-order valence-electron chi connectivity index (χ3n) is 3.02. The normalized spacial score (nSPS) is 22.3. The Labute approximate surface area is 105 Å². The zero-order chi connectivity index (χ0) is 12.6. The van der Waals surface area contributed by atoms with Crippen LogP contribution in [0.25, 0.3) is 0 Å². The number of imide groups is 1. The van der Waals surface area contributed by atoms with Gasteiger partial charge >= 0.3 is 0 Å². The van der Waals surface area contributed by atoms with E-state index in [0.29, 0.717) is 0 Å². The molecule has 0 radical (unpaired) electrons. The molecule has 17 heavy (non-hydrogen) atoms. The maximum absolute atomic E-state index is 11.7. The molecule has 1 N–H and O–H groups in total. The van der Waals surface area contributed by atoms with Crippen LogP contribution in [-0.2, 0) is 9.59 Å². The molecule has 1 aliphatic heterocycles. The minimum Gasteiger partial charge on any atom is -0.298 e. The molecular weight excluding hydrogens is 236 g/mol. The second-order valence-corrected chi connectivity index (χ2v) is 5.70. The van der Waals surface area contributed by atoms with Crippen molar-refractivity contribution in [3.05, 3.63) is 21.9 Å². The van der Waals surface area contributed by atoms with Gasteiger partial charge in [0.1, 0.15) is 0 Å². The van der Waals surface area contributed by atoms with Crippen LogP contribution in [-0.4, -0.2) is 29.8 Å². The van der Waals surface area contributed by atoms with E-state index in [0.717, 1.165) is 0 Å². The molecule has 1 fully saturated rings. The summed E-state index contributed by atoms with van der Waals surface area (Å²) >= 11 is 1.71. The summed E-state index contributed by atoms with van der Waals surface area (Å²) in [6.07, 6.45) is 0.268. The molecule has 92 valence electrons. The van der Waals surface area contributed by atoms with Gasteiger partial charge in [-0.1, -0.05) is 0 Å². The van der Waals surface area contributed by atoms with Gasteiger partial charge in [-0.25, -0.2) is 0 Å². The first kappa shape index (κ1) is 12.3. The number of carbonyl (C=O) groups excluding carboxylic acids is 2. The predicted octanol–water partition coefficient (Wildman–Crippen LogP) is 1.46. The first-order valence-electron chi connectivity index (χ1n) is 5.62. The van der Waals surface area contributed by atoms with Crippen LogP contribution in [0.2, 0.25) is 0 Å². The molecule has 0 aliphatic carbocycles. The summed E-state index contributed by atoms with van der Waals surface area (Å²) in [6, 6.07) is 3.85. The summed E-state index contributed by atoms with van der Waals surface area (Å²) in [5, 5.41) is 3.22. The topological polar surface area (TPSA) is 49.4 Å². The van der Waals surface area contributed by atoms with E-state index in [2.05, 4.69) is 24.4 Å². The fourth-order valence-electron chi connectivity index (χ4n) is 1.96. The number of carbonyl (C=O) groups is 2. The average Bonchev–Trinajstić information content (AvgIpc) is 2.80.